The van der Waals surface area contributed by atoms with Crippen molar-refractivity contribution in [3.05, 3.63) is 0 Å². The highest BCUT2D eigenvalue weighted by atomic mass is 16.4. The second-order valence-electron chi connectivity index (χ2n) is 3.76. The van der Waals surface area contributed by atoms with Crippen molar-refractivity contribution in [3.8, 4) is 0 Å². The van der Waals surface area contributed by atoms with E-state index in [4.69, 9.17) is 26.2 Å². The summed E-state index contributed by atoms with van der Waals surface area (Å²) in [5.74, 6) is -2.66. The normalized spacial score (nSPS) is 20.0. The lowest BCUT2D eigenvalue weighted by atomic mass is 10.2. The third-order valence-electron chi connectivity index (χ3n) is 2.17. The van der Waals surface area contributed by atoms with Gasteiger partial charge in [-0.3, -0.25) is 0 Å². The SMILES string of the molecule is C[C@H](N)C1CC1.O=C(O)[C@H](O)[C@@H](O)C(=O)O. The van der Waals surface area contributed by atoms with E-state index in [2.05, 4.69) is 6.92 Å². The quantitative estimate of drug-likeness (QED) is 0.404. The Hall–Kier alpha value is -1.18. The van der Waals surface area contributed by atoms with Gasteiger partial charge in [0.1, 0.15) is 0 Å². The Bertz CT molecular complexity index is 232. The largest absolute Gasteiger partial charge is 0.479 e. The summed E-state index contributed by atoms with van der Waals surface area (Å²) in [6.07, 6.45) is -1.79. The predicted molar refractivity (Wildman–Crippen MR) is 53.7 cm³/mol. The average molecular weight is 235 g/mol. The van der Waals surface area contributed by atoms with E-state index in [1.807, 2.05) is 0 Å². The molecule has 6 N–H and O–H groups in total. The van der Waals surface area contributed by atoms with Crippen LogP contribution in [0, 0.1) is 5.92 Å². The molecule has 0 saturated heterocycles. The summed E-state index contributed by atoms with van der Waals surface area (Å²) in [7, 11) is 0. The van der Waals surface area contributed by atoms with Crippen LogP contribution in [-0.2, 0) is 9.59 Å². The molecule has 3 atom stereocenters. The van der Waals surface area contributed by atoms with Crippen molar-refractivity contribution in [1.82, 2.24) is 0 Å². The zero-order chi connectivity index (χ0) is 12.9. The first kappa shape index (κ1) is 14.8. The van der Waals surface area contributed by atoms with Gasteiger partial charge in [0.05, 0.1) is 0 Å². The topological polar surface area (TPSA) is 141 Å². The van der Waals surface area contributed by atoms with Crippen molar-refractivity contribution >= 4 is 11.9 Å². The van der Waals surface area contributed by atoms with Crippen LogP contribution in [-0.4, -0.2) is 50.6 Å². The smallest absolute Gasteiger partial charge is 0.335 e. The van der Waals surface area contributed by atoms with E-state index < -0.39 is 24.1 Å². The number of carbonyl (C=O) groups is 2. The highest BCUT2D eigenvalue weighted by Gasteiger charge is 2.29. The van der Waals surface area contributed by atoms with Crippen LogP contribution in [0.25, 0.3) is 0 Å². The summed E-state index contributed by atoms with van der Waals surface area (Å²) in [6, 6.07) is 0.463. The molecular weight excluding hydrogens is 218 g/mol. The molecule has 0 unspecified atom stereocenters. The van der Waals surface area contributed by atoms with Crippen molar-refractivity contribution in [1.29, 1.82) is 0 Å². The number of aliphatic hydroxyl groups is 2. The first-order valence-electron chi connectivity index (χ1n) is 4.84. The Labute approximate surface area is 92.5 Å². The Morgan fingerprint density at radius 3 is 1.50 bits per heavy atom. The van der Waals surface area contributed by atoms with Crippen LogP contribution in [0.3, 0.4) is 0 Å². The van der Waals surface area contributed by atoms with Gasteiger partial charge in [0.2, 0.25) is 0 Å². The molecule has 1 fully saturated rings. The number of aliphatic hydroxyl groups excluding tert-OH is 2. The lowest BCUT2D eigenvalue weighted by molar-refractivity contribution is -0.165. The van der Waals surface area contributed by atoms with Crippen LogP contribution < -0.4 is 5.73 Å². The van der Waals surface area contributed by atoms with E-state index in [0.717, 1.165) is 5.92 Å². The number of nitrogens with two attached hydrogens (primary N) is 1. The molecular formula is C9H17NO6. The van der Waals surface area contributed by atoms with Gasteiger partial charge < -0.3 is 26.2 Å². The van der Waals surface area contributed by atoms with Gasteiger partial charge in [0.15, 0.2) is 12.2 Å². The molecule has 0 amide bonds. The summed E-state index contributed by atoms with van der Waals surface area (Å²) >= 11 is 0. The summed E-state index contributed by atoms with van der Waals surface area (Å²) in [5, 5.41) is 32.5. The van der Waals surface area contributed by atoms with Gasteiger partial charge >= 0.3 is 11.9 Å². The predicted octanol–water partition coefficient (Wildman–Crippen LogP) is -1.38. The summed E-state index contributed by atoms with van der Waals surface area (Å²) in [4.78, 5) is 19.5. The maximum atomic E-state index is 9.77. The number of hydrogen-bond acceptors (Lipinski definition) is 5. The van der Waals surface area contributed by atoms with Crippen molar-refractivity contribution < 1.29 is 30.0 Å². The van der Waals surface area contributed by atoms with Crippen LogP contribution in [0.1, 0.15) is 19.8 Å². The molecule has 94 valence electrons. The molecule has 1 aliphatic rings. The maximum Gasteiger partial charge on any atom is 0.335 e. The van der Waals surface area contributed by atoms with E-state index in [1.165, 1.54) is 12.8 Å². The fraction of sp³-hybridized carbons (Fsp3) is 0.778. The zero-order valence-electron chi connectivity index (χ0n) is 8.91. The van der Waals surface area contributed by atoms with Crippen LogP contribution in [0.5, 0.6) is 0 Å². The maximum absolute atomic E-state index is 9.77. The van der Waals surface area contributed by atoms with Crippen molar-refractivity contribution in [2.45, 2.75) is 38.0 Å². The molecule has 0 heterocycles. The third-order valence-corrected chi connectivity index (χ3v) is 2.17. The highest BCUT2D eigenvalue weighted by Crippen LogP contribution is 2.30. The number of aliphatic carboxylic acids is 2. The monoisotopic (exact) mass is 235 g/mol. The van der Waals surface area contributed by atoms with Gasteiger partial charge in [-0.2, -0.15) is 0 Å². The van der Waals surface area contributed by atoms with Gasteiger partial charge in [-0.05, 0) is 25.7 Å². The molecule has 0 spiro atoms. The van der Waals surface area contributed by atoms with Crippen LogP contribution in [0.4, 0.5) is 0 Å². The number of rotatable bonds is 4. The van der Waals surface area contributed by atoms with Gasteiger partial charge in [-0.15, -0.1) is 0 Å². The zero-order valence-corrected chi connectivity index (χ0v) is 8.91. The van der Waals surface area contributed by atoms with Gasteiger partial charge in [-0.1, -0.05) is 0 Å². The summed E-state index contributed by atoms with van der Waals surface area (Å²) < 4.78 is 0. The lowest BCUT2D eigenvalue weighted by Crippen LogP contribution is -2.39. The van der Waals surface area contributed by atoms with E-state index in [9.17, 15) is 9.59 Å². The second-order valence-corrected chi connectivity index (χ2v) is 3.76. The number of carboxylic acids is 2. The first-order valence-corrected chi connectivity index (χ1v) is 4.84. The second kappa shape index (κ2) is 6.41. The first-order chi connectivity index (χ1) is 7.27. The molecule has 0 radical (unpaired) electrons. The van der Waals surface area contributed by atoms with Gasteiger partial charge in [-0.25, -0.2) is 9.59 Å². The van der Waals surface area contributed by atoms with E-state index in [-0.39, 0.29) is 0 Å². The van der Waals surface area contributed by atoms with Crippen LogP contribution >= 0.6 is 0 Å². The molecule has 0 aromatic rings. The molecule has 0 aromatic carbocycles. The molecule has 7 heteroatoms. The van der Waals surface area contributed by atoms with E-state index in [1.54, 1.807) is 0 Å². The Balaban J connectivity index is 0.000000315. The van der Waals surface area contributed by atoms with E-state index in [0.29, 0.717) is 6.04 Å². The molecule has 16 heavy (non-hydrogen) atoms. The Morgan fingerprint density at radius 1 is 1.12 bits per heavy atom. The van der Waals surface area contributed by atoms with Crippen LogP contribution in [0.2, 0.25) is 0 Å². The molecule has 0 aliphatic heterocycles. The summed E-state index contributed by atoms with van der Waals surface area (Å²) in [5.41, 5.74) is 5.50. The van der Waals surface area contributed by atoms with Gasteiger partial charge in [0, 0.05) is 6.04 Å². The van der Waals surface area contributed by atoms with Gasteiger partial charge in [0.25, 0.3) is 0 Å². The molecule has 1 rings (SSSR count). The van der Waals surface area contributed by atoms with E-state index >= 15 is 0 Å². The van der Waals surface area contributed by atoms with Crippen molar-refractivity contribution in [2.75, 3.05) is 0 Å². The molecule has 0 aromatic heterocycles. The number of carboxylic acid groups (broad SMARTS) is 2. The summed E-state index contributed by atoms with van der Waals surface area (Å²) in [6.45, 7) is 2.08. The minimum Gasteiger partial charge on any atom is -0.479 e. The number of hydrogen-bond donors (Lipinski definition) is 5. The lowest BCUT2D eigenvalue weighted by Gasteiger charge is -2.07. The average Bonchev–Trinajstić information content (AvgIpc) is 2.99. The molecule has 1 saturated carbocycles. The minimum absolute atomic E-state index is 0.463. The third kappa shape index (κ3) is 5.64. The van der Waals surface area contributed by atoms with Crippen LogP contribution in [0.15, 0.2) is 0 Å². The fourth-order valence-electron chi connectivity index (χ4n) is 0.892. The molecule has 7 nitrogen and oxygen atoms in total. The fourth-order valence-corrected chi connectivity index (χ4v) is 0.892. The molecule has 0 bridgehead atoms. The Kier molecular flexibility index (Phi) is 5.94. The Morgan fingerprint density at radius 2 is 1.44 bits per heavy atom. The van der Waals surface area contributed by atoms with Crippen molar-refractivity contribution in [3.63, 3.8) is 0 Å². The molecule has 1 aliphatic carbocycles. The minimum atomic E-state index is -2.27. The van der Waals surface area contributed by atoms with Crippen molar-refractivity contribution in [2.24, 2.45) is 11.7 Å². The standard InChI is InChI=1S/C5H11N.C4H6O6/c1-4(6)5-2-3-5;5-1(3(7)8)2(6)4(9)10/h4-5H,2-3,6H2,1H3;1-2,5-6H,(H,7,8)(H,9,10)/t4-;1-,2-/m01/s1. The highest BCUT2D eigenvalue weighted by molar-refractivity contribution is 5.83.